The van der Waals surface area contributed by atoms with Crippen LogP contribution < -0.4 is 5.73 Å². The van der Waals surface area contributed by atoms with Gasteiger partial charge in [-0.3, -0.25) is 4.79 Å². The van der Waals surface area contributed by atoms with E-state index in [0.717, 1.165) is 0 Å². The Balaban J connectivity index is 0. The van der Waals surface area contributed by atoms with Crippen molar-refractivity contribution >= 4 is 18.6 Å². The molecule has 0 aliphatic heterocycles. The van der Waals surface area contributed by atoms with Gasteiger partial charge in [0.15, 0.2) is 0 Å². The van der Waals surface area contributed by atoms with Gasteiger partial charge in [0.05, 0.1) is 6.04 Å². The molecule has 0 aromatic rings. The van der Waals surface area contributed by atoms with Gasteiger partial charge in [-0.15, -0.1) is 0 Å². The number of carbonyl (C=O) groups is 1. The third-order valence-electron chi connectivity index (χ3n) is 0.497. The summed E-state index contributed by atoms with van der Waals surface area (Å²) in [6.45, 7) is 0. The van der Waals surface area contributed by atoms with E-state index in [1.807, 2.05) is 0 Å². The summed E-state index contributed by atoms with van der Waals surface area (Å²) in [5.74, 6) is -0.954. The first-order valence-corrected chi connectivity index (χ1v) is 2.32. The maximum Gasteiger partial charge on any atom is 0.318 e. The minimum Gasteiger partial charge on any atom is -0.791 e. The van der Waals surface area contributed by atoms with Crippen LogP contribution in [0.3, 0.4) is 0 Å². The Labute approximate surface area is 66.4 Å². The van der Waals surface area contributed by atoms with Crippen molar-refractivity contribution in [1.29, 1.82) is 0 Å². The van der Waals surface area contributed by atoms with Gasteiger partial charge < -0.3 is 23.5 Å². The van der Waals surface area contributed by atoms with Crippen molar-refractivity contribution in [3.63, 3.8) is 0 Å². The van der Waals surface area contributed by atoms with Crippen molar-refractivity contribution in [2.45, 2.75) is 6.04 Å². The van der Waals surface area contributed by atoms with Crippen LogP contribution in [0.25, 0.3) is 0 Å². The molecule has 5 heteroatoms. The summed E-state index contributed by atoms with van der Waals surface area (Å²) >= 11 is 4.35. The Morgan fingerprint density at radius 2 is 2.25 bits per heavy atom. The average molecular weight is 312 g/mol. The largest absolute Gasteiger partial charge is 0.791 e. The summed E-state index contributed by atoms with van der Waals surface area (Å²) in [6, 6.07) is -0.866. The monoisotopic (exact) mass is 313 g/mol. The number of carboxylic acid groups (broad SMARTS) is 1. The Morgan fingerprint density at radius 1 is 1.88 bits per heavy atom. The molecule has 1 radical (unpaired) electrons. The molecular formula is C3H6IrNO2S-. The van der Waals surface area contributed by atoms with E-state index >= 15 is 0 Å². The predicted octanol–water partition coefficient (Wildman–Crippen LogP) is -1.06. The predicted molar refractivity (Wildman–Crippen MR) is 27.8 cm³/mol. The number of hydrogen-bond donors (Lipinski definition) is 2. The van der Waals surface area contributed by atoms with Gasteiger partial charge in [-0.2, -0.15) is 5.75 Å². The van der Waals surface area contributed by atoms with Crippen molar-refractivity contribution < 1.29 is 30.0 Å². The molecule has 1 atom stereocenters. The quantitative estimate of drug-likeness (QED) is 0.638. The van der Waals surface area contributed by atoms with Gasteiger partial charge in [0.2, 0.25) is 0 Å². The van der Waals surface area contributed by atoms with Gasteiger partial charge in [-0.25, -0.2) is 0 Å². The zero-order valence-corrected chi connectivity index (χ0v) is 7.17. The van der Waals surface area contributed by atoms with Crippen molar-refractivity contribution in [2.24, 2.45) is 5.73 Å². The molecule has 1 unspecified atom stereocenters. The molecule has 0 amide bonds. The topological polar surface area (TPSA) is 63.3 Å². The standard InChI is InChI=1S/C3H7NO2S.Ir/c4-2(1-7)3(5)6;/h2,7H,1,4H2,(H,5,6);/p-1. The average Bonchev–Trinajstić information content (AvgIpc) is 1.65. The van der Waals surface area contributed by atoms with Crippen molar-refractivity contribution in [3.05, 3.63) is 0 Å². The van der Waals surface area contributed by atoms with E-state index < -0.39 is 12.0 Å². The number of hydrogen-bond acceptors (Lipinski definition) is 3. The second kappa shape index (κ2) is 5.56. The molecule has 0 aliphatic rings. The van der Waals surface area contributed by atoms with Gasteiger partial charge in [0, 0.05) is 20.1 Å². The molecular weight excluding hydrogens is 306 g/mol. The maximum atomic E-state index is 9.74. The Morgan fingerprint density at radius 3 is 2.25 bits per heavy atom. The minimum absolute atomic E-state index is 0. The van der Waals surface area contributed by atoms with Crippen LogP contribution in [0.1, 0.15) is 0 Å². The summed E-state index contributed by atoms with van der Waals surface area (Å²) in [5, 5.41) is 7.99. The number of rotatable bonds is 2. The van der Waals surface area contributed by atoms with Crippen molar-refractivity contribution in [1.82, 2.24) is 0 Å². The molecule has 0 rings (SSSR count). The summed E-state index contributed by atoms with van der Waals surface area (Å²) in [5.41, 5.74) is 4.91. The van der Waals surface area contributed by atoms with Crippen LogP contribution in [-0.2, 0) is 37.5 Å². The van der Waals surface area contributed by atoms with Crippen LogP contribution in [0.15, 0.2) is 0 Å². The van der Waals surface area contributed by atoms with Gasteiger partial charge in [0.1, 0.15) is 0 Å². The van der Waals surface area contributed by atoms with Gasteiger partial charge in [-0.05, 0) is 0 Å². The van der Waals surface area contributed by atoms with Crippen LogP contribution in [0.4, 0.5) is 0 Å². The van der Waals surface area contributed by atoms with E-state index in [-0.39, 0.29) is 25.9 Å². The second-order valence-corrected chi connectivity index (χ2v) is 1.44. The number of carboxylic acids is 1. The fourth-order valence-electron chi connectivity index (χ4n) is 0.0713. The number of nitrogens with two attached hydrogens (primary N) is 1. The summed E-state index contributed by atoms with van der Waals surface area (Å²) in [4.78, 5) is 9.74. The van der Waals surface area contributed by atoms with Crippen LogP contribution in [0.2, 0.25) is 0 Å². The molecule has 0 aliphatic carbocycles. The molecule has 8 heavy (non-hydrogen) atoms. The van der Waals surface area contributed by atoms with E-state index in [1.165, 1.54) is 0 Å². The summed E-state index contributed by atoms with van der Waals surface area (Å²) in [7, 11) is 0. The van der Waals surface area contributed by atoms with Crippen molar-refractivity contribution in [2.75, 3.05) is 5.75 Å². The Kier molecular flexibility index (Phi) is 7.83. The smallest absolute Gasteiger partial charge is 0.318 e. The van der Waals surface area contributed by atoms with E-state index in [0.29, 0.717) is 0 Å². The summed E-state index contributed by atoms with van der Waals surface area (Å²) in [6.07, 6.45) is 0. The third-order valence-corrected chi connectivity index (χ3v) is 0.856. The molecule has 51 valence electrons. The first kappa shape index (κ1) is 11.3. The molecule has 0 heterocycles. The molecule has 3 nitrogen and oxygen atoms in total. The fourth-order valence-corrected chi connectivity index (χ4v) is 0.214. The van der Waals surface area contributed by atoms with Gasteiger partial charge >= 0.3 is 5.97 Å². The molecule has 0 aromatic carbocycles. The van der Waals surface area contributed by atoms with E-state index in [4.69, 9.17) is 10.8 Å². The molecule has 0 fully saturated rings. The fraction of sp³-hybridized carbons (Fsp3) is 0.667. The minimum atomic E-state index is -1.03. The molecule has 0 saturated heterocycles. The van der Waals surface area contributed by atoms with Gasteiger partial charge in [-0.1, -0.05) is 0 Å². The van der Waals surface area contributed by atoms with Crippen LogP contribution in [-0.4, -0.2) is 22.9 Å². The maximum absolute atomic E-state index is 9.74. The van der Waals surface area contributed by atoms with Crippen LogP contribution >= 0.6 is 0 Å². The van der Waals surface area contributed by atoms with E-state index in [2.05, 4.69) is 12.6 Å². The van der Waals surface area contributed by atoms with Gasteiger partial charge in [0.25, 0.3) is 0 Å². The third kappa shape index (κ3) is 4.58. The van der Waals surface area contributed by atoms with Crippen LogP contribution in [0, 0.1) is 0 Å². The first-order valence-electron chi connectivity index (χ1n) is 1.75. The van der Waals surface area contributed by atoms with Crippen molar-refractivity contribution in [3.8, 4) is 0 Å². The summed E-state index contributed by atoms with van der Waals surface area (Å²) < 4.78 is 0. The molecule has 0 aromatic heterocycles. The molecule has 0 bridgehead atoms. The second-order valence-electron chi connectivity index (χ2n) is 1.11. The molecule has 0 spiro atoms. The molecule has 0 saturated carbocycles. The molecule has 3 N–H and O–H groups in total. The van der Waals surface area contributed by atoms with E-state index in [1.54, 1.807) is 0 Å². The Hall–Kier alpha value is 0.429. The normalized spacial score (nSPS) is 11.8. The van der Waals surface area contributed by atoms with Crippen LogP contribution in [0.5, 0.6) is 0 Å². The Bertz CT molecular complexity index is 79.7. The SMILES string of the molecule is NC(C[S-])C(=O)O.[Ir]. The first-order chi connectivity index (χ1) is 3.18. The number of aliphatic carboxylic acids is 1. The zero-order valence-electron chi connectivity index (χ0n) is 3.96. The van der Waals surface area contributed by atoms with E-state index in [9.17, 15) is 4.79 Å². The zero-order chi connectivity index (χ0) is 5.86.